The van der Waals surface area contributed by atoms with Gasteiger partial charge in [0, 0.05) is 12.1 Å². The van der Waals surface area contributed by atoms with Crippen LogP contribution in [0.5, 0.6) is 0 Å². The summed E-state index contributed by atoms with van der Waals surface area (Å²) in [6.07, 6.45) is 11.7. The number of hydrazine groups is 1. The van der Waals surface area contributed by atoms with Crippen LogP contribution in [0.25, 0.3) is 0 Å². The summed E-state index contributed by atoms with van der Waals surface area (Å²) in [5.74, 6) is 4.96. The molecule has 0 amide bonds. The fourth-order valence-corrected chi connectivity index (χ4v) is 1.09. The number of nitrogens with one attached hydrogen (secondary N) is 1. The molecule has 0 bridgehead atoms. The molecule has 0 fully saturated rings. The first-order valence-corrected chi connectivity index (χ1v) is 9.38. The van der Waals surface area contributed by atoms with Crippen LogP contribution >= 0.6 is 22.6 Å². The van der Waals surface area contributed by atoms with Crippen molar-refractivity contribution >= 4 is 22.6 Å². The van der Waals surface area contributed by atoms with Crippen molar-refractivity contribution in [1.29, 1.82) is 0 Å². The molecule has 0 unspecified atom stereocenters. The molecule has 0 aliphatic heterocycles. The summed E-state index contributed by atoms with van der Waals surface area (Å²) in [6, 6.07) is 0. The first-order chi connectivity index (χ1) is 8.97. The van der Waals surface area contributed by atoms with Crippen molar-refractivity contribution in [1.82, 2.24) is 5.43 Å². The molecular formula is C15H36IN3. The third-order valence-corrected chi connectivity index (χ3v) is 2.24. The van der Waals surface area contributed by atoms with Gasteiger partial charge in [-0.2, -0.15) is 0 Å². The SMILES string of the molecule is C1=CCC1.CCCC(C)(C)N.CCCCNN.CI. The number of hydrogen-bond acceptors (Lipinski definition) is 3. The summed E-state index contributed by atoms with van der Waals surface area (Å²) < 4.78 is 0. The highest BCUT2D eigenvalue weighted by atomic mass is 127. The average molecular weight is 385 g/mol. The minimum absolute atomic E-state index is 0.0503. The van der Waals surface area contributed by atoms with Crippen molar-refractivity contribution in [3.8, 4) is 0 Å². The third-order valence-electron chi connectivity index (χ3n) is 2.24. The van der Waals surface area contributed by atoms with Gasteiger partial charge in [-0.15, -0.1) is 0 Å². The van der Waals surface area contributed by atoms with Crippen LogP contribution in [0.4, 0.5) is 0 Å². The predicted molar refractivity (Wildman–Crippen MR) is 98.6 cm³/mol. The molecule has 1 rings (SSSR count). The lowest BCUT2D eigenvalue weighted by Gasteiger charge is -2.15. The number of rotatable bonds is 5. The highest BCUT2D eigenvalue weighted by molar-refractivity contribution is 14.1. The van der Waals surface area contributed by atoms with Gasteiger partial charge in [0.25, 0.3) is 0 Å². The van der Waals surface area contributed by atoms with Crippen LogP contribution < -0.4 is 17.0 Å². The molecule has 0 atom stereocenters. The molecular weight excluding hydrogens is 349 g/mol. The highest BCUT2D eigenvalue weighted by Gasteiger charge is 2.06. The van der Waals surface area contributed by atoms with Gasteiger partial charge in [-0.25, -0.2) is 0 Å². The van der Waals surface area contributed by atoms with E-state index in [1.54, 1.807) is 0 Å². The Labute approximate surface area is 135 Å². The van der Waals surface area contributed by atoms with E-state index in [0.717, 1.165) is 13.0 Å². The number of hydrogen-bond donors (Lipinski definition) is 3. The van der Waals surface area contributed by atoms with Crippen molar-refractivity contribution < 1.29 is 0 Å². The highest BCUT2D eigenvalue weighted by Crippen LogP contribution is 2.04. The normalized spacial score (nSPS) is 11.8. The van der Waals surface area contributed by atoms with E-state index in [1.807, 2.05) is 4.93 Å². The largest absolute Gasteiger partial charge is 0.326 e. The Balaban J connectivity index is -0.000000194. The van der Waals surface area contributed by atoms with Gasteiger partial charge in [0.15, 0.2) is 0 Å². The van der Waals surface area contributed by atoms with Crippen LogP contribution in [0.15, 0.2) is 12.2 Å². The maximum absolute atomic E-state index is 5.65. The maximum atomic E-state index is 5.65. The quantitative estimate of drug-likeness (QED) is 0.166. The first-order valence-electron chi connectivity index (χ1n) is 7.23. The standard InChI is InChI=1S/C6H15N.C4H12N2.C4H6.CH3I/c1-4-5-6(2,3)7;1-2-3-4-6-5;1-2-4-3-1;1-2/h4-5,7H2,1-3H3;6H,2-5H2,1H3;1-2H,3-4H2;1H3. The predicted octanol–water partition coefficient (Wildman–Crippen LogP) is 4.16. The minimum Gasteiger partial charge on any atom is -0.326 e. The molecule has 4 heteroatoms. The van der Waals surface area contributed by atoms with E-state index in [-0.39, 0.29) is 5.54 Å². The second-order valence-electron chi connectivity index (χ2n) is 5.10. The number of alkyl halides is 1. The summed E-state index contributed by atoms with van der Waals surface area (Å²) >= 11 is 2.15. The molecule has 1 aliphatic rings. The summed E-state index contributed by atoms with van der Waals surface area (Å²) in [5.41, 5.74) is 8.26. The Morgan fingerprint density at radius 2 is 1.53 bits per heavy atom. The number of halogens is 1. The van der Waals surface area contributed by atoms with Gasteiger partial charge < -0.3 is 5.73 Å². The molecule has 0 aromatic heterocycles. The average Bonchev–Trinajstić information content (AvgIpc) is 2.26. The zero-order valence-corrected chi connectivity index (χ0v) is 15.8. The summed E-state index contributed by atoms with van der Waals surface area (Å²) in [4.78, 5) is 1.97. The van der Waals surface area contributed by atoms with Crippen LogP contribution in [0.1, 0.15) is 66.2 Å². The van der Waals surface area contributed by atoms with Crippen molar-refractivity contribution in [2.24, 2.45) is 11.6 Å². The van der Waals surface area contributed by atoms with Crippen LogP contribution in [0.3, 0.4) is 0 Å². The Bertz CT molecular complexity index is 155. The van der Waals surface area contributed by atoms with E-state index in [0.29, 0.717) is 0 Å². The van der Waals surface area contributed by atoms with Gasteiger partial charge >= 0.3 is 0 Å². The van der Waals surface area contributed by atoms with E-state index >= 15 is 0 Å². The van der Waals surface area contributed by atoms with E-state index < -0.39 is 0 Å². The first kappa shape index (κ1) is 24.4. The number of nitrogens with two attached hydrogens (primary N) is 2. The van der Waals surface area contributed by atoms with E-state index in [4.69, 9.17) is 11.6 Å². The van der Waals surface area contributed by atoms with E-state index in [1.165, 1.54) is 32.1 Å². The molecule has 3 nitrogen and oxygen atoms in total. The van der Waals surface area contributed by atoms with Crippen LogP contribution in [0.2, 0.25) is 0 Å². The summed E-state index contributed by atoms with van der Waals surface area (Å²) in [6.45, 7) is 9.33. The molecule has 118 valence electrons. The van der Waals surface area contributed by atoms with Gasteiger partial charge in [0.2, 0.25) is 0 Å². The van der Waals surface area contributed by atoms with Crippen LogP contribution in [-0.4, -0.2) is 17.0 Å². The smallest absolute Gasteiger partial charge is 0.00973 e. The zero-order valence-electron chi connectivity index (χ0n) is 13.6. The fourth-order valence-electron chi connectivity index (χ4n) is 1.09. The van der Waals surface area contributed by atoms with Crippen molar-refractivity contribution in [2.75, 3.05) is 11.5 Å². The van der Waals surface area contributed by atoms with Gasteiger partial charge in [-0.1, -0.05) is 61.4 Å². The molecule has 0 heterocycles. The fraction of sp³-hybridized carbons (Fsp3) is 0.867. The molecule has 0 radical (unpaired) electrons. The van der Waals surface area contributed by atoms with Gasteiger partial charge in [0.05, 0.1) is 0 Å². The molecule has 1 aliphatic carbocycles. The zero-order chi connectivity index (χ0) is 15.6. The van der Waals surface area contributed by atoms with Crippen LogP contribution in [-0.2, 0) is 0 Å². The van der Waals surface area contributed by atoms with Gasteiger partial charge in [0.1, 0.15) is 0 Å². The van der Waals surface area contributed by atoms with Crippen molar-refractivity contribution in [3.05, 3.63) is 12.2 Å². The van der Waals surface area contributed by atoms with Gasteiger partial charge in [-0.3, -0.25) is 11.3 Å². The third kappa shape index (κ3) is 38.1. The molecule has 0 aromatic rings. The van der Waals surface area contributed by atoms with Crippen molar-refractivity contribution in [3.63, 3.8) is 0 Å². The number of allylic oxidation sites excluding steroid dienone is 2. The molecule has 0 saturated heterocycles. The second kappa shape index (κ2) is 20.7. The lowest BCUT2D eigenvalue weighted by Crippen LogP contribution is -2.31. The Morgan fingerprint density at radius 1 is 1.11 bits per heavy atom. The Kier molecular flexibility index (Phi) is 26.5. The summed E-state index contributed by atoms with van der Waals surface area (Å²) in [7, 11) is 0. The molecule has 0 aromatic carbocycles. The lowest BCUT2D eigenvalue weighted by atomic mass is 10.0. The molecule has 0 spiro atoms. The maximum Gasteiger partial charge on any atom is 0.00973 e. The summed E-state index contributed by atoms with van der Waals surface area (Å²) in [5, 5.41) is 0. The van der Waals surface area contributed by atoms with Gasteiger partial charge in [-0.05, 0) is 44.5 Å². The molecule has 5 N–H and O–H groups in total. The Morgan fingerprint density at radius 3 is 1.58 bits per heavy atom. The minimum atomic E-state index is 0.0503. The molecule has 19 heavy (non-hydrogen) atoms. The number of unbranched alkanes of at least 4 members (excludes halogenated alkanes) is 1. The van der Waals surface area contributed by atoms with E-state index in [2.05, 4.69) is 67.9 Å². The lowest BCUT2D eigenvalue weighted by molar-refractivity contribution is 0.470. The van der Waals surface area contributed by atoms with Crippen LogP contribution in [0, 0.1) is 0 Å². The topological polar surface area (TPSA) is 64.1 Å². The monoisotopic (exact) mass is 385 g/mol. The second-order valence-corrected chi connectivity index (χ2v) is 5.10. The molecule has 0 saturated carbocycles. The Hall–Kier alpha value is 0.350. The van der Waals surface area contributed by atoms with Crippen molar-refractivity contribution in [2.45, 2.75) is 71.8 Å². The van der Waals surface area contributed by atoms with E-state index in [9.17, 15) is 0 Å².